The van der Waals surface area contributed by atoms with Gasteiger partial charge in [0, 0.05) is 40.4 Å². The summed E-state index contributed by atoms with van der Waals surface area (Å²) in [6.45, 7) is 6.32. The topological polar surface area (TPSA) is 67.6 Å². The van der Waals surface area contributed by atoms with Crippen LogP contribution in [0.5, 0.6) is 0 Å². The molecule has 124 valence electrons. The van der Waals surface area contributed by atoms with Crippen molar-refractivity contribution in [3.63, 3.8) is 0 Å². The van der Waals surface area contributed by atoms with Gasteiger partial charge in [0.2, 0.25) is 0 Å². The molecular formula is C15H28N6O. The Morgan fingerprint density at radius 1 is 1.50 bits per heavy atom. The summed E-state index contributed by atoms with van der Waals surface area (Å²) in [6.07, 6.45) is 5.11. The molecule has 0 spiro atoms. The first-order valence-corrected chi connectivity index (χ1v) is 8.10. The molecule has 1 fully saturated rings. The third kappa shape index (κ3) is 4.98. The first-order chi connectivity index (χ1) is 10.7. The SMILES string of the molecule is CCNC(=NCc1ncnn1C)N(C)CCC1CCOCC1. The van der Waals surface area contributed by atoms with Crippen molar-refractivity contribution in [2.45, 2.75) is 32.7 Å². The second kappa shape index (κ2) is 8.73. The summed E-state index contributed by atoms with van der Waals surface area (Å²) in [6, 6.07) is 0. The minimum Gasteiger partial charge on any atom is -0.381 e. The zero-order valence-corrected chi connectivity index (χ0v) is 14.0. The average molecular weight is 308 g/mol. The number of guanidine groups is 1. The van der Waals surface area contributed by atoms with Gasteiger partial charge in [0.1, 0.15) is 18.7 Å². The van der Waals surface area contributed by atoms with Gasteiger partial charge in [-0.25, -0.2) is 9.98 Å². The molecule has 0 saturated carbocycles. The fourth-order valence-electron chi connectivity index (χ4n) is 2.60. The van der Waals surface area contributed by atoms with Gasteiger partial charge < -0.3 is 15.0 Å². The Kier molecular flexibility index (Phi) is 6.64. The van der Waals surface area contributed by atoms with Crippen LogP contribution in [0.4, 0.5) is 0 Å². The number of aryl methyl sites for hydroxylation is 1. The molecule has 1 aliphatic rings. The molecule has 22 heavy (non-hydrogen) atoms. The highest BCUT2D eigenvalue weighted by Crippen LogP contribution is 2.18. The van der Waals surface area contributed by atoms with Gasteiger partial charge in [0.15, 0.2) is 5.96 Å². The monoisotopic (exact) mass is 308 g/mol. The zero-order chi connectivity index (χ0) is 15.8. The van der Waals surface area contributed by atoms with E-state index >= 15 is 0 Å². The molecule has 0 aromatic carbocycles. The third-order valence-corrected chi connectivity index (χ3v) is 4.09. The summed E-state index contributed by atoms with van der Waals surface area (Å²) in [5.41, 5.74) is 0. The summed E-state index contributed by atoms with van der Waals surface area (Å²) in [5.74, 6) is 2.57. The zero-order valence-electron chi connectivity index (χ0n) is 14.0. The van der Waals surface area contributed by atoms with E-state index in [9.17, 15) is 0 Å². The quantitative estimate of drug-likeness (QED) is 0.628. The van der Waals surface area contributed by atoms with Crippen LogP contribution in [-0.2, 0) is 18.3 Å². The van der Waals surface area contributed by atoms with E-state index in [2.05, 4.69) is 39.3 Å². The number of hydrogen-bond acceptors (Lipinski definition) is 4. The van der Waals surface area contributed by atoms with Gasteiger partial charge in [-0.05, 0) is 32.1 Å². The lowest BCUT2D eigenvalue weighted by molar-refractivity contribution is 0.0625. The Morgan fingerprint density at radius 3 is 2.91 bits per heavy atom. The van der Waals surface area contributed by atoms with Crippen LogP contribution in [-0.4, -0.2) is 59.0 Å². The molecular weight excluding hydrogens is 280 g/mol. The van der Waals surface area contributed by atoms with Crippen LogP contribution < -0.4 is 5.32 Å². The van der Waals surface area contributed by atoms with Gasteiger partial charge in [-0.15, -0.1) is 0 Å². The number of rotatable bonds is 6. The smallest absolute Gasteiger partial charge is 0.194 e. The molecule has 1 aromatic heterocycles. The Bertz CT molecular complexity index is 466. The Hall–Kier alpha value is -1.63. The van der Waals surface area contributed by atoms with Gasteiger partial charge in [-0.3, -0.25) is 4.68 Å². The summed E-state index contributed by atoms with van der Waals surface area (Å²) < 4.78 is 7.18. The number of ether oxygens (including phenoxy) is 1. The molecule has 2 rings (SSSR count). The predicted molar refractivity (Wildman–Crippen MR) is 86.6 cm³/mol. The number of nitrogens with zero attached hydrogens (tertiary/aromatic N) is 5. The standard InChI is InChI=1S/C15H28N6O/c1-4-16-15(17-11-14-18-12-19-21(14)3)20(2)8-5-13-6-9-22-10-7-13/h12-13H,4-11H2,1-3H3,(H,16,17). The predicted octanol–water partition coefficient (Wildman–Crippen LogP) is 1.03. The fourth-order valence-corrected chi connectivity index (χ4v) is 2.60. The molecule has 1 aromatic rings. The van der Waals surface area contributed by atoms with Crippen LogP contribution in [0, 0.1) is 5.92 Å². The van der Waals surface area contributed by atoms with E-state index in [4.69, 9.17) is 4.74 Å². The van der Waals surface area contributed by atoms with Gasteiger partial charge in [0.05, 0.1) is 0 Å². The Labute approximate surface area is 132 Å². The third-order valence-electron chi connectivity index (χ3n) is 4.09. The van der Waals surface area contributed by atoms with Gasteiger partial charge >= 0.3 is 0 Å². The van der Waals surface area contributed by atoms with Gasteiger partial charge in [-0.2, -0.15) is 5.10 Å². The molecule has 0 aliphatic carbocycles. The van der Waals surface area contributed by atoms with E-state index < -0.39 is 0 Å². The molecule has 7 nitrogen and oxygen atoms in total. The highest BCUT2D eigenvalue weighted by atomic mass is 16.5. The Balaban J connectivity index is 1.86. The van der Waals surface area contributed by atoms with Crippen molar-refractivity contribution in [1.82, 2.24) is 25.0 Å². The van der Waals surface area contributed by atoms with Gasteiger partial charge in [0.25, 0.3) is 0 Å². The van der Waals surface area contributed by atoms with Crippen LogP contribution in [0.15, 0.2) is 11.3 Å². The summed E-state index contributed by atoms with van der Waals surface area (Å²) in [5, 5.41) is 7.42. The number of aromatic nitrogens is 3. The first kappa shape index (κ1) is 16.7. The maximum Gasteiger partial charge on any atom is 0.194 e. The van der Waals surface area contributed by atoms with Crippen molar-refractivity contribution in [3.8, 4) is 0 Å². The summed E-state index contributed by atoms with van der Waals surface area (Å²) in [7, 11) is 3.98. The number of aliphatic imine (C=N–C) groups is 1. The van der Waals surface area contributed by atoms with Crippen molar-refractivity contribution in [1.29, 1.82) is 0 Å². The van der Waals surface area contributed by atoms with E-state index in [0.717, 1.165) is 44.0 Å². The van der Waals surface area contributed by atoms with E-state index in [-0.39, 0.29) is 0 Å². The molecule has 0 radical (unpaired) electrons. The Morgan fingerprint density at radius 2 is 2.27 bits per heavy atom. The minimum absolute atomic E-state index is 0.542. The van der Waals surface area contributed by atoms with Crippen molar-refractivity contribution >= 4 is 5.96 Å². The minimum atomic E-state index is 0.542. The molecule has 0 unspecified atom stereocenters. The van der Waals surface area contributed by atoms with Crippen molar-refractivity contribution < 1.29 is 4.74 Å². The molecule has 0 atom stereocenters. The van der Waals surface area contributed by atoms with E-state index in [1.165, 1.54) is 19.3 Å². The maximum atomic E-state index is 5.42. The lowest BCUT2D eigenvalue weighted by atomic mass is 9.96. The van der Waals surface area contributed by atoms with Crippen molar-refractivity contribution in [2.75, 3.05) is 33.4 Å². The van der Waals surface area contributed by atoms with Crippen LogP contribution >= 0.6 is 0 Å². The van der Waals surface area contributed by atoms with Crippen molar-refractivity contribution in [3.05, 3.63) is 12.2 Å². The molecule has 1 N–H and O–H groups in total. The van der Waals surface area contributed by atoms with Crippen LogP contribution in [0.1, 0.15) is 32.0 Å². The highest BCUT2D eigenvalue weighted by Gasteiger charge is 2.15. The number of hydrogen-bond donors (Lipinski definition) is 1. The maximum absolute atomic E-state index is 5.42. The highest BCUT2D eigenvalue weighted by molar-refractivity contribution is 5.79. The summed E-state index contributed by atoms with van der Waals surface area (Å²) in [4.78, 5) is 11.1. The molecule has 1 saturated heterocycles. The normalized spacial score (nSPS) is 16.8. The largest absolute Gasteiger partial charge is 0.381 e. The van der Waals surface area contributed by atoms with E-state index in [1.54, 1.807) is 11.0 Å². The van der Waals surface area contributed by atoms with Crippen LogP contribution in [0.25, 0.3) is 0 Å². The average Bonchev–Trinajstić information content (AvgIpc) is 2.95. The number of nitrogens with one attached hydrogen (secondary N) is 1. The molecule has 0 amide bonds. The molecule has 7 heteroatoms. The van der Waals surface area contributed by atoms with Gasteiger partial charge in [-0.1, -0.05) is 0 Å². The lowest BCUT2D eigenvalue weighted by Gasteiger charge is -2.26. The van der Waals surface area contributed by atoms with Crippen molar-refractivity contribution in [2.24, 2.45) is 18.0 Å². The lowest BCUT2D eigenvalue weighted by Crippen LogP contribution is -2.40. The molecule has 2 heterocycles. The second-order valence-electron chi connectivity index (χ2n) is 5.74. The molecule has 1 aliphatic heterocycles. The fraction of sp³-hybridized carbons (Fsp3) is 0.800. The summed E-state index contributed by atoms with van der Waals surface area (Å²) >= 11 is 0. The first-order valence-electron chi connectivity index (χ1n) is 8.10. The van der Waals surface area contributed by atoms with E-state index in [1.807, 2.05) is 7.05 Å². The van der Waals surface area contributed by atoms with E-state index in [0.29, 0.717) is 6.54 Å². The van der Waals surface area contributed by atoms with Crippen LogP contribution in [0.3, 0.4) is 0 Å². The van der Waals surface area contributed by atoms with Crippen LogP contribution in [0.2, 0.25) is 0 Å². The second-order valence-corrected chi connectivity index (χ2v) is 5.74. The molecule has 0 bridgehead atoms.